The first-order chi connectivity index (χ1) is 18.1. The van der Waals surface area contributed by atoms with E-state index < -0.39 is 41.8 Å². The normalized spacial score (nSPS) is 13.5. The van der Waals surface area contributed by atoms with E-state index in [-0.39, 0.29) is 31.1 Å². The molecule has 3 amide bonds. The minimum atomic E-state index is -1.23. The van der Waals surface area contributed by atoms with Gasteiger partial charge in [-0.25, -0.2) is 4.79 Å². The highest BCUT2D eigenvalue weighted by Gasteiger charge is 2.31. The monoisotopic (exact) mass is 523 g/mol. The Kier molecular flexibility index (Phi) is 9.44. The number of carboxylic acids is 1. The van der Waals surface area contributed by atoms with Gasteiger partial charge in [0.2, 0.25) is 17.7 Å². The third-order valence-corrected chi connectivity index (χ3v) is 6.17. The summed E-state index contributed by atoms with van der Waals surface area (Å²) in [6.45, 7) is 3.10. The molecule has 0 saturated carbocycles. The molecule has 0 aliphatic rings. The van der Waals surface area contributed by atoms with Gasteiger partial charge in [0, 0.05) is 29.9 Å². The van der Waals surface area contributed by atoms with Crippen LogP contribution in [0.15, 0.2) is 54.7 Å². The lowest BCUT2D eigenvalue weighted by Gasteiger charge is -2.26. The van der Waals surface area contributed by atoms with Crippen LogP contribution < -0.4 is 21.7 Å². The Morgan fingerprint density at radius 1 is 0.895 bits per heavy atom. The lowest BCUT2D eigenvalue weighted by atomic mass is 9.99. The molecule has 0 saturated heterocycles. The summed E-state index contributed by atoms with van der Waals surface area (Å²) in [6.07, 6.45) is 1.84. The minimum absolute atomic E-state index is 0.0416. The number of hydrogen-bond donors (Lipinski definition) is 7. The number of phenolic OH excluding ortho intramolecular Hbond substituents is 1. The minimum Gasteiger partial charge on any atom is -0.508 e. The van der Waals surface area contributed by atoms with Crippen molar-refractivity contribution in [2.75, 3.05) is 6.54 Å². The second-order valence-electron chi connectivity index (χ2n) is 9.39. The van der Waals surface area contributed by atoms with Gasteiger partial charge in [0.25, 0.3) is 0 Å². The number of hydrogen-bond acceptors (Lipinski definition) is 6. The van der Waals surface area contributed by atoms with Gasteiger partial charge in [-0.15, -0.1) is 0 Å². The molecule has 11 heteroatoms. The van der Waals surface area contributed by atoms with Crippen LogP contribution in [-0.4, -0.2) is 63.6 Å². The molecular formula is C27H33N5O6. The van der Waals surface area contributed by atoms with Crippen LogP contribution in [0.4, 0.5) is 0 Å². The smallest absolute Gasteiger partial charge is 0.326 e. The van der Waals surface area contributed by atoms with E-state index in [1.807, 2.05) is 24.3 Å². The van der Waals surface area contributed by atoms with Crippen molar-refractivity contribution in [1.29, 1.82) is 0 Å². The largest absolute Gasteiger partial charge is 0.508 e. The van der Waals surface area contributed by atoms with Crippen LogP contribution in [0, 0.1) is 5.92 Å². The maximum atomic E-state index is 13.2. The molecule has 3 unspecified atom stereocenters. The molecule has 0 bridgehead atoms. The fourth-order valence-corrected chi connectivity index (χ4v) is 4.10. The van der Waals surface area contributed by atoms with E-state index in [1.165, 1.54) is 12.1 Å². The van der Waals surface area contributed by atoms with Crippen LogP contribution in [0.1, 0.15) is 25.0 Å². The number of amides is 3. The Balaban J connectivity index is 1.74. The van der Waals surface area contributed by atoms with Crippen LogP contribution in [0.2, 0.25) is 0 Å². The summed E-state index contributed by atoms with van der Waals surface area (Å²) >= 11 is 0. The van der Waals surface area contributed by atoms with Gasteiger partial charge in [0.15, 0.2) is 0 Å². The number of carbonyl (C=O) groups excluding carboxylic acids is 3. The molecule has 202 valence electrons. The Bertz CT molecular complexity index is 1290. The molecule has 1 heterocycles. The summed E-state index contributed by atoms with van der Waals surface area (Å²) in [5, 5.41) is 27.9. The molecular weight excluding hydrogens is 490 g/mol. The van der Waals surface area contributed by atoms with Crippen molar-refractivity contribution in [3.63, 3.8) is 0 Å². The van der Waals surface area contributed by atoms with Crippen molar-refractivity contribution in [1.82, 2.24) is 20.9 Å². The second-order valence-corrected chi connectivity index (χ2v) is 9.39. The molecule has 38 heavy (non-hydrogen) atoms. The predicted molar refractivity (Wildman–Crippen MR) is 141 cm³/mol. The number of aromatic nitrogens is 1. The van der Waals surface area contributed by atoms with E-state index in [0.29, 0.717) is 5.56 Å². The van der Waals surface area contributed by atoms with Gasteiger partial charge in [0.05, 0.1) is 6.54 Å². The van der Waals surface area contributed by atoms with Crippen LogP contribution in [-0.2, 0) is 32.0 Å². The van der Waals surface area contributed by atoms with Gasteiger partial charge >= 0.3 is 5.97 Å². The number of nitrogens with two attached hydrogens (primary N) is 1. The van der Waals surface area contributed by atoms with Crippen molar-refractivity contribution in [2.45, 2.75) is 44.8 Å². The average Bonchev–Trinajstić information content (AvgIpc) is 3.29. The number of H-pyrrole nitrogens is 1. The Morgan fingerprint density at radius 3 is 2.21 bits per heavy atom. The standard InChI is InChI=1S/C27H33N5O6/c1-15(2)24(32-25(35)21(30-23(34)13-28)11-16-7-9-18(33)10-8-16)26(36)31-22(27(37)38)12-17-14-29-20-6-4-3-5-19(17)20/h3-10,14-15,21-22,24,29,33H,11-13,28H2,1-2H3,(H,30,34)(H,31,36)(H,32,35)(H,37,38). The maximum absolute atomic E-state index is 13.2. The quantitative estimate of drug-likeness (QED) is 0.183. The first kappa shape index (κ1) is 28.2. The Labute approximate surface area is 219 Å². The molecule has 0 aliphatic heterocycles. The third-order valence-electron chi connectivity index (χ3n) is 6.17. The fraction of sp³-hybridized carbons (Fsp3) is 0.333. The molecule has 8 N–H and O–H groups in total. The Hall–Kier alpha value is -4.38. The molecule has 0 aliphatic carbocycles. The number of phenols is 1. The van der Waals surface area contributed by atoms with Crippen molar-refractivity contribution >= 4 is 34.6 Å². The highest BCUT2D eigenvalue weighted by molar-refractivity contribution is 5.94. The van der Waals surface area contributed by atoms with Crippen LogP contribution in [0.25, 0.3) is 10.9 Å². The summed E-state index contributed by atoms with van der Waals surface area (Å²) in [5.74, 6) is -3.39. The summed E-state index contributed by atoms with van der Waals surface area (Å²) < 4.78 is 0. The first-order valence-electron chi connectivity index (χ1n) is 12.2. The van der Waals surface area contributed by atoms with E-state index >= 15 is 0 Å². The zero-order valence-electron chi connectivity index (χ0n) is 21.2. The number of fused-ring (bicyclic) bond motifs is 1. The van der Waals surface area contributed by atoms with E-state index in [1.54, 1.807) is 32.2 Å². The van der Waals surface area contributed by atoms with Gasteiger partial charge in [-0.3, -0.25) is 14.4 Å². The zero-order chi connectivity index (χ0) is 27.8. The number of aliphatic carboxylic acids is 1. The van der Waals surface area contributed by atoms with E-state index in [9.17, 15) is 29.4 Å². The number of carboxylic acid groups (broad SMARTS) is 1. The summed E-state index contributed by atoms with van der Waals surface area (Å²) in [4.78, 5) is 53.5. The molecule has 1 aromatic heterocycles. The number of aromatic hydroxyl groups is 1. The fourth-order valence-electron chi connectivity index (χ4n) is 4.10. The number of rotatable bonds is 12. The van der Waals surface area contributed by atoms with E-state index in [2.05, 4.69) is 20.9 Å². The van der Waals surface area contributed by atoms with E-state index in [4.69, 9.17) is 5.73 Å². The molecule has 0 radical (unpaired) electrons. The SMILES string of the molecule is CC(C)C(NC(=O)C(Cc1ccc(O)cc1)NC(=O)CN)C(=O)NC(Cc1c[nH]c2ccccc12)C(=O)O. The lowest BCUT2D eigenvalue weighted by Crippen LogP contribution is -2.58. The molecule has 0 fully saturated rings. The predicted octanol–water partition coefficient (Wildman–Crippen LogP) is 0.812. The maximum Gasteiger partial charge on any atom is 0.326 e. The lowest BCUT2D eigenvalue weighted by molar-refractivity contribution is -0.142. The first-order valence-corrected chi connectivity index (χ1v) is 12.2. The molecule has 3 aromatic rings. The highest BCUT2D eigenvalue weighted by Crippen LogP contribution is 2.19. The zero-order valence-corrected chi connectivity index (χ0v) is 21.2. The van der Waals surface area contributed by atoms with Gasteiger partial charge in [-0.05, 0) is 35.2 Å². The number of nitrogens with one attached hydrogen (secondary N) is 4. The van der Waals surface area contributed by atoms with Crippen LogP contribution >= 0.6 is 0 Å². The van der Waals surface area contributed by atoms with Crippen LogP contribution in [0.5, 0.6) is 5.75 Å². The Morgan fingerprint density at radius 2 is 1.58 bits per heavy atom. The summed E-state index contributed by atoms with van der Waals surface area (Å²) in [6, 6.07) is 10.2. The third kappa shape index (κ3) is 7.32. The number of benzene rings is 2. The van der Waals surface area contributed by atoms with Crippen LogP contribution in [0.3, 0.4) is 0 Å². The molecule has 3 rings (SSSR count). The number of aromatic amines is 1. The highest BCUT2D eigenvalue weighted by atomic mass is 16.4. The van der Waals surface area contributed by atoms with Gasteiger partial charge in [0.1, 0.15) is 23.9 Å². The topological polar surface area (TPSA) is 187 Å². The number of para-hydroxylation sites is 1. The van der Waals surface area contributed by atoms with Crippen molar-refractivity contribution < 1.29 is 29.4 Å². The van der Waals surface area contributed by atoms with Gasteiger partial charge in [-0.1, -0.05) is 44.2 Å². The summed E-state index contributed by atoms with van der Waals surface area (Å²) in [5.41, 5.74) is 7.65. The average molecular weight is 524 g/mol. The van der Waals surface area contributed by atoms with Gasteiger partial charge < -0.3 is 36.9 Å². The molecule has 2 aromatic carbocycles. The second kappa shape index (κ2) is 12.7. The molecule has 0 spiro atoms. The van der Waals surface area contributed by atoms with Crippen molar-refractivity contribution in [2.24, 2.45) is 11.7 Å². The number of carbonyl (C=O) groups is 4. The molecule has 11 nitrogen and oxygen atoms in total. The van der Waals surface area contributed by atoms with E-state index in [0.717, 1.165) is 16.5 Å². The van der Waals surface area contributed by atoms with Gasteiger partial charge in [-0.2, -0.15) is 0 Å². The molecule has 3 atom stereocenters. The van der Waals surface area contributed by atoms with Crippen molar-refractivity contribution in [3.05, 3.63) is 65.9 Å². The van der Waals surface area contributed by atoms with Crippen molar-refractivity contribution in [3.8, 4) is 5.75 Å². The summed E-state index contributed by atoms with van der Waals surface area (Å²) in [7, 11) is 0.